The molecule has 3 aromatic rings. The quantitative estimate of drug-likeness (QED) is 0.0910. The van der Waals surface area contributed by atoms with Crippen molar-refractivity contribution in [2.45, 2.75) is 75.5 Å². The van der Waals surface area contributed by atoms with Gasteiger partial charge in [-0.25, -0.2) is 17.1 Å². The molecule has 0 unspecified atom stereocenters. The molecule has 0 aromatic heterocycles. The second-order valence-corrected chi connectivity index (χ2v) is 15.3. The highest BCUT2D eigenvalue weighted by Crippen LogP contribution is 2.48. The van der Waals surface area contributed by atoms with Crippen LogP contribution in [0.15, 0.2) is 66.7 Å². The van der Waals surface area contributed by atoms with E-state index in [0.717, 1.165) is 37.7 Å². The molecule has 0 aliphatic carbocycles. The molecule has 1 saturated heterocycles. The number of phenols is 1. The van der Waals surface area contributed by atoms with Gasteiger partial charge >= 0.3 is 0 Å². The Morgan fingerprint density at radius 2 is 1.55 bits per heavy atom. The van der Waals surface area contributed by atoms with Crippen molar-refractivity contribution in [3.8, 4) is 5.75 Å². The van der Waals surface area contributed by atoms with Gasteiger partial charge in [0.1, 0.15) is 17.2 Å². The topological polar surface area (TPSA) is 159 Å². The van der Waals surface area contributed by atoms with Crippen LogP contribution in [0.4, 0.5) is 10.1 Å². The molecule has 0 saturated carbocycles. The van der Waals surface area contributed by atoms with Gasteiger partial charge < -0.3 is 30.4 Å². The summed E-state index contributed by atoms with van der Waals surface area (Å²) in [6.07, 6.45) is 5.75. The highest BCUT2D eigenvalue weighted by molar-refractivity contribution is 7.88. The standard InChI is InChI=1S/C37H49FN2O8S/c1-39(49(2,47)48)22-6-4-3-5-7-26-8-15-30(16-9-26)40-35(31-17-10-27(23-34(31)44)20-21-37(46,24-41)25-42)32(36(40)45)18-19-33(43)28-11-13-29(38)14-12-28/h8-17,23,32-33,35,41-44,46H,3-7,18-22,24-25H2,1-2H3/t32-,33+,35-/m1/s1. The maximum absolute atomic E-state index is 13.7. The third kappa shape index (κ3) is 10.1. The van der Waals surface area contributed by atoms with E-state index in [9.17, 15) is 43.1 Å². The van der Waals surface area contributed by atoms with Crippen LogP contribution in [-0.2, 0) is 27.7 Å². The van der Waals surface area contributed by atoms with Crippen LogP contribution in [0.5, 0.6) is 5.75 Å². The molecule has 1 aliphatic heterocycles. The molecule has 5 N–H and O–H groups in total. The van der Waals surface area contributed by atoms with Crippen molar-refractivity contribution in [2.75, 3.05) is 38.0 Å². The molecule has 49 heavy (non-hydrogen) atoms. The average molecular weight is 701 g/mol. The van der Waals surface area contributed by atoms with Gasteiger partial charge in [-0.3, -0.25) is 4.79 Å². The predicted octanol–water partition coefficient (Wildman–Crippen LogP) is 4.39. The number of halogens is 1. The number of amides is 1. The van der Waals surface area contributed by atoms with Gasteiger partial charge in [0.2, 0.25) is 15.9 Å². The zero-order chi connectivity index (χ0) is 35.8. The van der Waals surface area contributed by atoms with Gasteiger partial charge in [0.25, 0.3) is 0 Å². The van der Waals surface area contributed by atoms with Crippen LogP contribution >= 0.6 is 0 Å². The Kier molecular flexibility index (Phi) is 13.3. The van der Waals surface area contributed by atoms with Crippen LogP contribution < -0.4 is 4.90 Å². The Hall–Kier alpha value is -3.39. The number of aromatic hydroxyl groups is 1. The smallest absolute Gasteiger partial charge is 0.233 e. The zero-order valence-electron chi connectivity index (χ0n) is 28.2. The molecule has 3 aromatic carbocycles. The largest absolute Gasteiger partial charge is 0.508 e. The highest BCUT2D eigenvalue weighted by atomic mass is 32.2. The summed E-state index contributed by atoms with van der Waals surface area (Å²) in [6, 6.07) is 17.9. The van der Waals surface area contributed by atoms with E-state index in [0.29, 0.717) is 41.8 Å². The summed E-state index contributed by atoms with van der Waals surface area (Å²) in [5.74, 6) is -1.09. The highest BCUT2D eigenvalue weighted by Gasteiger charge is 2.49. The van der Waals surface area contributed by atoms with Crippen molar-refractivity contribution in [3.05, 3.63) is 94.8 Å². The van der Waals surface area contributed by atoms with Gasteiger partial charge in [0, 0.05) is 24.8 Å². The lowest BCUT2D eigenvalue weighted by molar-refractivity contribution is -0.131. The van der Waals surface area contributed by atoms with E-state index >= 15 is 0 Å². The van der Waals surface area contributed by atoms with Crippen molar-refractivity contribution in [3.63, 3.8) is 0 Å². The molecule has 268 valence electrons. The minimum absolute atomic E-state index is 0.0278. The van der Waals surface area contributed by atoms with Gasteiger partial charge in [-0.2, -0.15) is 0 Å². The Morgan fingerprint density at radius 1 is 0.918 bits per heavy atom. The number of aliphatic hydroxyl groups excluding tert-OH is 3. The van der Waals surface area contributed by atoms with Crippen molar-refractivity contribution in [1.82, 2.24) is 4.31 Å². The molecule has 4 rings (SSSR count). The number of sulfonamides is 1. The predicted molar refractivity (Wildman–Crippen MR) is 186 cm³/mol. The summed E-state index contributed by atoms with van der Waals surface area (Å²) >= 11 is 0. The summed E-state index contributed by atoms with van der Waals surface area (Å²) in [6.45, 7) is -0.691. The molecule has 0 spiro atoms. The number of aliphatic hydroxyl groups is 4. The van der Waals surface area contributed by atoms with Gasteiger partial charge in [0.15, 0.2) is 0 Å². The first kappa shape index (κ1) is 38.4. The van der Waals surface area contributed by atoms with Crippen LogP contribution in [0.3, 0.4) is 0 Å². The number of phenolic OH excluding ortho intramolecular Hbond substituents is 1. The lowest BCUT2D eigenvalue weighted by Crippen LogP contribution is -2.55. The molecular formula is C37H49FN2O8S. The number of β-lactam (4-membered cyclic amide) rings is 1. The number of unbranched alkanes of at least 4 members (excludes halogenated alkanes) is 3. The molecule has 1 aliphatic rings. The van der Waals surface area contributed by atoms with Gasteiger partial charge in [-0.1, -0.05) is 49.2 Å². The first-order chi connectivity index (χ1) is 23.3. The first-order valence-corrected chi connectivity index (χ1v) is 18.6. The number of hydrogen-bond donors (Lipinski definition) is 5. The molecule has 1 fully saturated rings. The number of rotatable bonds is 19. The molecular weight excluding hydrogens is 651 g/mol. The fraction of sp³-hybridized carbons (Fsp3) is 0.486. The third-order valence-corrected chi connectivity index (χ3v) is 10.9. The fourth-order valence-electron chi connectivity index (χ4n) is 6.25. The minimum atomic E-state index is -3.17. The van der Waals surface area contributed by atoms with Crippen LogP contribution in [0.1, 0.15) is 79.3 Å². The van der Waals surface area contributed by atoms with Crippen LogP contribution in [0.2, 0.25) is 0 Å². The summed E-state index contributed by atoms with van der Waals surface area (Å²) in [7, 11) is -1.58. The van der Waals surface area contributed by atoms with E-state index in [-0.39, 0.29) is 24.5 Å². The zero-order valence-corrected chi connectivity index (χ0v) is 29.0. The van der Waals surface area contributed by atoms with Crippen LogP contribution in [0, 0.1) is 11.7 Å². The number of carbonyl (C=O) groups excluding carboxylic acids is 1. The Bertz CT molecular complexity index is 1630. The van der Waals surface area contributed by atoms with E-state index in [4.69, 9.17) is 0 Å². The second-order valence-electron chi connectivity index (χ2n) is 13.3. The lowest BCUT2D eigenvalue weighted by atomic mass is 9.77. The number of anilines is 1. The second kappa shape index (κ2) is 17.0. The minimum Gasteiger partial charge on any atom is -0.508 e. The molecule has 3 atom stereocenters. The summed E-state index contributed by atoms with van der Waals surface area (Å²) < 4.78 is 37.9. The first-order valence-electron chi connectivity index (χ1n) is 16.8. The normalized spacial score (nSPS) is 17.4. The number of carbonyl (C=O) groups is 1. The fourth-order valence-corrected chi connectivity index (χ4v) is 6.71. The van der Waals surface area contributed by atoms with E-state index in [1.54, 1.807) is 30.1 Å². The molecule has 0 bridgehead atoms. The number of aryl methyl sites for hydroxylation is 2. The lowest BCUT2D eigenvalue weighted by Gasteiger charge is -2.48. The molecule has 10 nitrogen and oxygen atoms in total. The van der Waals surface area contributed by atoms with Crippen LogP contribution in [-0.4, -0.2) is 82.8 Å². The van der Waals surface area contributed by atoms with Crippen LogP contribution in [0.25, 0.3) is 0 Å². The van der Waals surface area contributed by atoms with Gasteiger partial charge in [0.05, 0.1) is 37.5 Å². The summed E-state index contributed by atoms with van der Waals surface area (Å²) in [5, 5.41) is 51.1. The maximum atomic E-state index is 13.7. The van der Waals surface area contributed by atoms with E-state index < -0.39 is 52.7 Å². The third-order valence-electron chi connectivity index (χ3n) is 9.57. The SMILES string of the molecule is CN(CCCCCCc1ccc(N2C(=O)[C@H](CC[C@H](O)c3ccc(F)cc3)[C@H]2c2ccc(CCC(O)(CO)CO)cc2O)cc1)S(C)(=O)=O. The van der Waals surface area contributed by atoms with E-state index in [2.05, 4.69) is 0 Å². The summed E-state index contributed by atoms with van der Waals surface area (Å²) in [4.78, 5) is 15.3. The molecule has 1 heterocycles. The Labute approximate surface area is 288 Å². The number of nitrogens with zero attached hydrogens (tertiary/aromatic N) is 2. The molecule has 12 heteroatoms. The molecule has 1 amide bonds. The molecule has 0 radical (unpaired) electrons. The summed E-state index contributed by atoms with van der Waals surface area (Å²) in [5.41, 5.74) is 1.93. The van der Waals surface area contributed by atoms with Crippen molar-refractivity contribution in [2.24, 2.45) is 5.92 Å². The number of hydrogen-bond acceptors (Lipinski definition) is 8. The van der Waals surface area contributed by atoms with E-state index in [1.807, 2.05) is 24.3 Å². The Morgan fingerprint density at radius 3 is 2.16 bits per heavy atom. The average Bonchev–Trinajstić information content (AvgIpc) is 3.08. The van der Waals surface area contributed by atoms with Crippen molar-refractivity contribution >= 4 is 21.6 Å². The number of benzene rings is 3. The van der Waals surface area contributed by atoms with Crippen molar-refractivity contribution < 1.29 is 43.1 Å². The van der Waals surface area contributed by atoms with Gasteiger partial charge in [-0.05, 0) is 92.0 Å². The van der Waals surface area contributed by atoms with E-state index in [1.165, 1.54) is 34.8 Å². The Balaban J connectivity index is 1.45. The van der Waals surface area contributed by atoms with Gasteiger partial charge in [-0.15, -0.1) is 0 Å². The monoisotopic (exact) mass is 700 g/mol. The van der Waals surface area contributed by atoms with Crippen molar-refractivity contribution in [1.29, 1.82) is 0 Å². The maximum Gasteiger partial charge on any atom is 0.233 e.